The maximum Gasteiger partial charge on any atom is 0.330 e. The molecule has 10 N–H and O–H groups in total. The van der Waals surface area contributed by atoms with E-state index in [4.69, 9.17) is 28.0 Å². The minimum absolute atomic E-state index is 0.209. The minimum Gasteiger partial charge on any atom is -0.480 e. The quantitative estimate of drug-likeness (QED) is 0.150. The summed E-state index contributed by atoms with van der Waals surface area (Å²) in [6.45, 7) is -0.692. The highest BCUT2D eigenvalue weighted by molar-refractivity contribution is 7.98. The Morgan fingerprint density at radius 3 is 2.33 bits per heavy atom. The average molecular weight is 449 g/mol. The molecule has 13 nitrogen and oxygen atoms in total. The summed E-state index contributed by atoms with van der Waals surface area (Å²) in [5, 5.41) is 8.42. The van der Waals surface area contributed by atoms with Crippen LogP contribution >= 0.6 is 11.8 Å². The Morgan fingerprint density at radius 2 is 1.83 bits per heavy atom. The number of carbonyl (C=O) groups is 4. The molecule has 1 rings (SSSR count). The smallest absolute Gasteiger partial charge is 0.330 e. The summed E-state index contributed by atoms with van der Waals surface area (Å²) in [5.41, 5.74) is 21.7. The van der Waals surface area contributed by atoms with Gasteiger partial charge in [0, 0.05) is 12.6 Å². The number of aliphatic carboxylic acids is 1. The van der Waals surface area contributed by atoms with E-state index in [9.17, 15) is 19.2 Å². The van der Waals surface area contributed by atoms with Gasteiger partial charge in [0.05, 0.1) is 18.6 Å². The number of nitrogens with two attached hydrogens (primary N) is 4. The summed E-state index contributed by atoms with van der Waals surface area (Å²) in [6.07, 6.45) is 5.69. The van der Waals surface area contributed by atoms with Gasteiger partial charge in [0.25, 0.3) is 0 Å². The number of hydrogen-bond acceptors (Lipinski definition) is 12. The summed E-state index contributed by atoms with van der Waals surface area (Å²) in [5.74, 6) is -2.66. The van der Waals surface area contributed by atoms with Gasteiger partial charge in [-0.1, -0.05) is 0 Å². The van der Waals surface area contributed by atoms with Gasteiger partial charge in [-0.2, -0.15) is 11.8 Å². The molecule has 3 atom stereocenters. The highest BCUT2D eigenvalue weighted by atomic mass is 32.2. The predicted molar refractivity (Wildman–Crippen MR) is 108 cm³/mol. The summed E-state index contributed by atoms with van der Waals surface area (Å²) < 4.78 is 8.99. The van der Waals surface area contributed by atoms with E-state index in [-0.39, 0.29) is 19.6 Å². The molecule has 14 heteroatoms. The average Bonchev–Trinajstić information content (AvgIpc) is 3.22. The first-order chi connectivity index (χ1) is 14.1. The van der Waals surface area contributed by atoms with E-state index in [1.54, 1.807) is 18.0 Å². The van der Waals surface area contributed by atoms with E-state index in [0.29, 0.717) is 12.1 Å². The van der Waals surface area contributed by atoms with E-state index in [0.717, 1.165) is 5.75 Å². The van der Waals surface area contributed by atoms with Gasteiger partial charge in [-0.25, -0.2) is 9.78 Å². The van der Waals surface area contributed by atoms with E-state index in [2.05, 4.69) is 19.4 Å². The van der Waals surface area contributed by atoms with Crippen LogP contribution in [0.3, 0.4) is 0 Å². The van der Waals surface area contributed by atoms with Crippen LogP contribution < -0.4 is 22.9 Å². The fourth-order valence-electron chi connectivity index (χ4n) is 1.65. The van der Waals surface area contributed by atoms with Gasteiger partial charge >= 0.3 is 23.9 Å². The zero-order valence-electron chi connectivity index (χ0n) is 16.5. The van der Waals surface area contributed by atoms with Crippen LogP contribution in [-0.4, -0.2) is 82.2 Å². The molecule has 0 amide bonds. The number of imidazole rings is 1. The Labute approximate surface area is 177 Å². The van der Waals surface area contributed by atoms with Crippen LogP contribution in [0.2, 0.25) is 0 Å². The first kappa shape index (κ1) is 27.5. The van der Waals surface area contributed by atoms with E-state index >= 15 is 0 Å². The highest BCUT2D eigenvalue weighted by Gasteiger charge is 2.19. The number of rotatable bonds is 11. The van der Waals surface area contributed by atoms with Crippen LogP contribution in [0.25, 0.3) is 0 Å². The maximum atomic E-state index is 11.2. The maximum absolute atomic E-state index is 11.2. The molecule has 1 aromatic rings. The third-order valence-electron chi connectivity index (χ3n) is 3.33. The first-order valence-electron chi connectivity index (χ1n) is 8.69. The van der Waals surface area contributed by atoms with E-state index in [1.807, 2.05) is 6.26 Å². The number of esters is 3. The van der Waals surface area contributed by atoms with Crippen molar-refractivity contribution in [1.29, 1.82) is 0 Å². The molecule has 0 bridgehead atoms. The van der Waals surface area contributed by atoms with Crippen LogP contribution in [0.15, 0.2) is 12.5 Å². The minimum atomic E-state index is -1.21. The van der Waals surface area contributed by atoms with Crippen LogP contribution in [0, 0.1) is 0 Å². The third kappa shape index (κ3) is 12.1. The molecular weight excluding hydrogens is 420 g/mol. The van der Waals surface area contributed by atoms with Crippen LogP contribution in [0.5, 0.6) is 0 Å². The monoisotopic (exact) mass is 448 g/mol. The number of aromatic nitrogens is 2. The number of carboxylic acids is 1. The van der Waals surface area contributed by atoms with Gasteiger partial charge in [0.1, 0.15) is 24.7 Å². The van der Waals surface area contributed by atoms with Crippen molar-refractivity contribution in [3.63, 3.8) is 0 Å². The van der Waals surface area contributed by atoms with Crippen molar-refractivity contribution in [3.05, 3.63) is 18.2 Å². The standard InChI is InChI=1S/C8H12N4O3.C8H16N2O4S/c9-2-7(13)15-8(14)6(10)1-5-3-11-4-12-5;1-15-3-2-5(9)8(13)14-4-6(10)7(11)12/h3-4,6H,1-2,9-10H2,(H,11,12);5-6H,2-4,9-10H2,1H3,(H,11,12)/t6-;5-,6-/m00/s1. The molecule has 0 spiro atoms. The van der Waals surface area contributed by atoms with Crippen molar-refractivity contribution in [2.45, 2.75) is 31.0 Å². The molecule has 0 saturated heterocycles. The SMILES string of the molecule is CSCC[C@H](N)C(=O)OC[C@H](N)C(=O)O.NCC(=O)OC(=O)[C@@H](N)Cc1c[nH]cn1. The van der Waals surface area contributed by atoms with E-state index in [1.165, 1.54) is 6.33 Å². The Bertz CT molecular complexity index is 673. The lowest BCUT2D eigenvalue weighted by Crippen LogP contribution is -2.39. The molecule has 0 aromatic carbocycles. The number of carbonyl (C=O) groups excluding carboxylic acids is 3. The van der Waals surface area contributed by atoms with Gasteiger partial charge in [0.2, 0.25) is 0 Å². The molecule has 30 heavy (non-hydrogen) atoms. The third-order valence-corrected chi connectivity index (χ3v) is 3.97. The summed E-state index contributed by atoms with van der Waals surface area (Å²) >= 11 is 1.57. The zero-order chi connectivity index (χ0) is 23.1. The molecule has 0 fully saturated rings. The molecule has 0 aliphatic heterocycles. The second-order valence-corrected chi connectivity index (χ2v) is 6.82. The zero-order valence-corrected chi connectivity index (χ0v) is 17.3. The van der Waals surface area contributed by atoms with Gasteiger partial charge in [-0.05, 0) is 18.4 Å². The van der Waals surface area contributed by atoms with Crippen molar-refractivity contribution in [2.24, 2.45) is 22.9 Å². The number of nitrogens with zero attached hydrogens (tertiary/aromatic N) is 1. The largest absolute Gasteiger partial charge is 0.480 e. The molecule has 0 aliphatic carbocycles. The number of ether oxygens (including phenoxy) is 2. The Kier molecular flexibility index (Phi) is 14.0. The lowest BCUT2D eigenvalue weighted by atomic mass is 10.2. The van der Waals surface area contributed by atoms with Crippen molar-refractivity contribution in [3.8, 4) is 0 Å². The summed E-state index contributed by atoms with van der Waals surface area (Å²) in [6, 6.07) is -2.82. The highest BCUT2D eigenvalue weighted by Crippen LogP contribution is 2.00. The lowest BCUT2D eigenvalue weighted by Gasteiger charge is -2.12. The summed E-state index contributed by atoms with van der Waals surface area (Å²) in [7, 11) is 0. The molecule has 0 saturated carbocycles. The van der Waals surface area contributed by atoms with Crippen molar-refractivity contribution in [1.82, 2.24) is 9.97 Å². The normalized spacial score (nSPS) is 13.2. The van der Waals surface area contributed by atoms with Crippen LogP contribution in [-0.2, 0) is 35.1 Å². The van der Waals surface area contributed by atoms with Crippen LogP contribution in [0.1, 0.15) is 12.1 Å². The molecule has 0 aliphatic rings. The molecule has 0 unspecified atom stereocenters. The first-order valence-corrected chi connectivity index (χ1v) is 10.1. The second kappa shape index (κ2) is 15.3. The van der Waals surface area contributed by atoms with Crippen molar-refractivity contribution < 1.29 is 33.8 Å². The fourth-order valence-corrected chi connectivity index (χ4v) is 2.14. The molecule has 170 valence electrons. The molecule has 1 heterocycles. The van der Waals surface area contributed by atoms with Gasteiger partial charge < -0.3 is 42.5 Å². The number of carboxylic acid groups (broad SMARTS) is 1. The number of aromatic amines is 1. The van der Waals surface area contributed by atoms with Crippen molar-refractivity contribution >= 4 is 35.6 Å². The van der Waals surface area contributed by atoms with Crippen molar-refractivity contribution in [2.75, 3.05) is 25.2 Å². The van der Waals surface area contributed by atoms with E-state index < -0.39 is 42.0 Å². The van der Waals surface area contributed by atoms with Gasteiger partial charge in [-0.3, -0.25) is 14.4 Å². The molecule has 1 aromatic heterocycles. The Morgan fingerprint density at radius 1 is 1.17 bits per heavy atom. The van der Waals surface area contributed by atoms with Crippen LogP contribution in [0.4, 0.5) is 0 Å². The predicted octanol–water partition coefficient (Wildman–Crippen LogP) is -2.67. The van der Waals surface area contributed by atoms with Gasteiger partial charge in [-0.15, -0.1) is 0 Å². The Balaban J connectivity index is 0.000000561. The fraction of sp³-hybridized carbons (Fsp3) is 0.562. The number of nitrogens with one attached hydrogen (secondary N) is 1. The topological polar surface area (TPSA) is 240 Å². The number of hydrogen-bond donors (Lipinski definition) is 6. The number of thioether (sulfide) groups is 1. The van der Waals surface area contributed by atoms with Gasteiger partial charge in [0.15, 0.2) is 0 Å². The second-order valence-electron chi connectivity index (χ2n) is 5.83. The molecule has 0 radical (unpaired) electrons. The number of H-pyrrole nitrogens is 1. The summed E-state index contributed by atoms with van der Waals surface area (Å²) in [4.78, 5) is 49.9. The molecular formula is C16H28N6O7S. The lowest BCUT2D eigenvalue weighted by molar-refractivity contribution is -0.159. The Hall–Kier alpha value is -2.52.